The predicted molar refractivity (Wildman–Crippen MR) is 87.4 cm³/mol. The predicted octanol–water partition coefficient (Wildman–Crippen LogP) is 3.37. The molecule has 112 valence electrons. The van der Waals surface area contributed by atoms with E-state index in [0.29, 0.717) is 12.8 Å². The molecule has 0 spiro atoms. The van der Waals surface area contributed by atoms with Gasteiger partial charge in [-0.15, -0.1) is 0 Å². The number of para-hydroxylation sites is 2. The summed E-state index contributed by atoms with van der Waals surface area (Å²) in [6, 6.07) is 17.9. The lowest BCUT2D eigenvalue weighted by atomic mass is 10.1. The summed E-state index contributed by atoms with van der Waals surface area (Å²) in [6.07, 6.45) is 1.18. The molecule has 1 atom stereocenters. The number of rotatable bonds is 5. The summed E-state index contributed by atoms with van der Waals surface area (Å²) in [7, 11) is 0. The van der Waals surface area contributed by atoms with Gasteiger partial charge in [0.25, 0.3) is 0 Å². The van der Waals surface area contributed by atoms with Crippen LogP contribution in [0.2, 0.25) is 0 Å². The summed E-state index contributed by atoms with van der Waals surface area (Å²) in [6.45, 7) is 1.85. The molecule has 1 aromatic heterocycles. The monoisotopic (exact) mass is 293 g/mol. The van der Waals surface area contributed by atoms with Crippen molar-refractivity contribution in [2.45, 2.75) is 25.8 Å². The van der Waals surface area contributed by atoms with Crippen molar-refractivity contribution in [2.75, 3.05) is 0 Å². The van der Waals surface area contributed by atoms with Crippen LogP contribution in [0.5, 0.6) is 0 Å². The van der Waals surface area contributed by atoms with Crippen LogP contribution in [0.4, 0.5) is 0 Å². The number of fused-ring (bicyclic) bond motifs is 1. The standard InChI is InChI=1S/C18H19N3O/c1-2-17(22)19-16(12-13-8-4-3-5-9-13)18-20-14-10-6-7-11-15(14)21-18/h3-11,16H,2,12H2,1H3,(H,19,22)(H,20,21)/t16-/m1/s1. The Labute approximate surface area is 129 Å². The summed E-state index contributed by atoms with van der Waals surface area (Å²) in [5.74, 6) is 0.827. The number of carbonyl (C=O) groups is 1. The molecular formula is C18H19N3O. The number of nitrogens with zero attached hydrogens (tertiary/aromatic N) is 1. The largest absolute Gasteiger partial charge is 0.346 e. The molecule has 2 N–H and O–H groups in total. The highest BCUT2D eigenvalue weighted by molar-refractivity contribution is 5.77. The van der Waals surface area contributed by atoms with Crippen LogP contribution in [0.15, 0.2) is 54.6 Å². The van der Waals surface area contributed by atoms with E-state index in [1.54, 1.807) is 0 Å². The van der Waals surface area contributed by atoms with Gasteiger partial charge in [-0.3, -0.25) is 4.79 Å². The number of aromatic amines is 1. The Morgan fingerprint density at radius 1 is 1.14 bits per heavy atom. The van der Waals surface area contributed by atoms with Crippen LogP contribution in [0.3, 0.4) is 0 Å². The second-order valence-electron chi connectivity index (χ2n) is 5.30. The van der Waals surface area contributed by atoms with Crippen molar-refractivity contribution in [3.05, 3.63) is 66.0 Å². The average molecular weight is 293 g/mol. The van der Waals surface area contributed by atoms with Crippen molar-refractivity contribution in [1.82, 2.24) is 15.3 Å². The first kappa shape index (κ1) is 14.3. The molecule has 1 heterocycles. The van der Waals surface area contributed by atoms with E-state index in [-0.39, 0.29) is 11.9 Å². The van der Waals surface area contributed by atoms with Gasteiger partial charge in [-0.2, -0.15) is 0 Å². The molecule has 3 aromatic rings. The highest BCUT2D eigenvalue weighted by atomic mass is 16.1. The van der Waals surface area contributed by atoms with Crippen LogP contribution >= 0.6 is 0 Å². The lowest BCUT2D eigenvalue weighted by Crippen LogP contribution is -2.30. The summed E-state index contributed by atoms with van der Waals surface area (Å²) >= 11 is 0. The number of hydrogen-bond donors (Lipinski definition) is 2. The molecule has 4 heteroatoms. The van der Waals surface area contributed by atoms with Gasteiger partial charge in [-0.1, -0.05) is 49.4 Å². The van der Waals surface area contributed by atoms with Gasteiger partial charge in [0.2, 0.25) is 5.91 Å². The highest BCUT2D eigenvalue weighted by Crippen LogP contribution is 2.20. The zero-order valence-electron chi connectivity index (χ0n) is 12.5. The minimum absolute atomic E-state index is 0.0291. The number of carbonyl (C=O) groups excluding carboxylic acids is 1. The van der Waals surface area contributed by atoms with Crippen LogP contribution in [-0.2, 0) is 11.2 Å². The van der Waals surface area contributed by atoms with Crippen LogP contribution < -0.4 is 5.32 Å². The van der Waals surface area contributed by atoms with Crippen molar-refractivity contribution in [1.29, 1.82) is 0 Å². The topological polar surface area (TPSA) is 57.8 Å². The third-order valence-corrected chi connectivity index (χ3v) is 3.68. The van der Waals surface area contributed by atoms with E-state index in [2.05, 4.69) is 27.4 Å². The lowest BCUT2D eigenvalue weighted by molar-refractivity contribution is -0.121. The number of H-pyrrole nitrogens is 1. The first-order chi connectivity index (χ1) is 10.8. The third kappa shape index (κ3) is 3.17. The molecule has 22 heavy (non-hydrogen) atoms. The Balaban J connectivity index is 1.91. The summed E-state index contributed by atoms with van der Waals surface area (Å²) in [5.41, 5.74) is 3.08. The molecule has 4 nitrogen and oxygen atoms in total. The molecule has 3 rings (SSSR count). The number of imidazole rings is 1. The molecule has 0 fully saturated rings. The van der Waals surface area contributed by atoms with Gasteiger partial charge in [-0.25, -0.2) is 4.98 Å². The molecule has 0 saturated carbocycles. The SMILES string of the molecule is CCC(=O)N[C@H](Cc1ccccc1)c1nc2ccccc2[nH]1. The van der Waals surface area contributed by atoms with Gasteiger partial charge in [0.15, 0.2) is 0 Å². The minimum Gasteiger partial charge on any atom is -0.346 e. The van der Waals surface area contributed by atoms with Crippen LogP contribution in [-0.4, -0.2) is 15.9 Å². The Hall–Kier alpha value is -2.62. The van der Waals surface area contributed by atoms with E-state index >= 15 is 0 Å². The normalized spacial score (nSPS) is 12.2. The average Bonchev–Trinajstić information content (AvgIpc) is 2.99. The third-order valence-electron chi connectivity index (χ3n) is 3.68. The quantitative estimate of drug-likeness (QED) is 0.757. The smallest absolute Gasteiger partial charge is 0.220 e. The van der Waals surface area contributed by atoms with Crippen molar-refractivity contribution in [2.24, 2.45) is 0 Å². The van der Waals surface area contributed by atoms with E-state index < -0.39 is 0 Å². The number of nitrogens with one attached hydrogen (secondary N) is 2. The maximum Gasteiger partial charge on any atom is 0.220 e. The maximum atomic E-state index is 11.8. The van der Waals surface area contributed by atoms with Crippen LogP contribution in [0.1, 0.15) is 30.8 Å². The Morgan fingerprint density at radius 2 is 1.86 bits per heavy atom. The van der Waals surface area contributed by atoms with Gasteiger partial charge < -0.3 is 10.3 Å². The molecule has 0 bridgehead atoms. The Morgan fingerprint density at radius 3 is 2.59 bits per heavy atom. The second kappa shape index (κ2) is 6.43. The van der Waals surface area contributed by atoms with Crippen LogP contribution in [0.25, 0.3) is 11.0 Å². The molecule has 0 unspecified atom stereocenters. The fourth-order valence-electron chi connectivity index (χ4n) is 2.50. The zero-order valence-corrected chi connectivity index (χ0v) is 12.5. The number of benzene rings is 2. The molecule has 0 saturated heterocycles. The first-order valence-corrected chi connectivity index (χ1v) is 7.54. The van der Waals surface area contributed by atoms with Gasteiger partial charge in [0.1, 0.15) is 5.82 Å². The fourth-order valence-corrected chi connectivity index (χ4v) is 2.50. The summed E-state index contributed by atoms with van der Waals surface area (Å²) in [4.78, 5) is 19.8. The molecule has 0 aliphatic carbocycles. The lowest BCUT2D eigenvalue weighted by Gasteiger charge is -2.16. The molecular weight excluding hydrogens is 274 g/mol. The first-order valence-electron chi connectivity index (χ1n) is 7.54. The number of aromatic nitrogens is 2. The van der Waals surface area contributed by atoms with E-state index in [4.69, 9.17) is 0 Å². The Kier molecular flexibility index (Phi) is 4.19. The zero-order chi connectivity index (χ0) is 15.4. The molecule has 0 aliphatic rings. The molecule has 1 amide bonds. The number of amides is 1. The molecule has 0 aliphatic heterocycles. The van der Waals surface area contributed by atoms with Crippen molar-refractivity contribution in [3.63, 3.8) is 0 Å². The van der Waals surface area contributed by atoms with Gasteiger partial charge in [-0.05, 0) is 24.1 Å². The van der Waals surface area contributed by atoms with Crippen molar-refractivity contribution in [3.8, 4) is 0 Å². The van der Waals surface area contributed by atoms with E-state index in [1.165, 1.54) is 5.56 Å². The van der Waals surface area contributed by atoms with Crippen molar-refractivity contribution < 1.29 is 4.79 Å². The summed E-state index contributed by atoms with van der Waals surface area (Å²) in [5, 5.41) is 3.06. The Bertz CT molecular complexity index is 731. The van der Waals surface area contributed by atoms with Crippen LogP contribution in [0, 0.1) is 0 Å². The van der Waals surface area contributed by atoms with E-state index in [1.807, 2.05) is 49.4 Å². The van der Waals surface area contributed by atoms with E-state index in [9.17, 15) is 4.79 Å². The second-order valence-corrected chi connectivity index (χ2v) is 5.30. The van der Waals surface area contributed by atoms with Gasteiger partial charge in [0, 0.05) is 6.42 Å². The minimum atomic E-state index is -0.151. The molecule has 2 aromatic carbocycles. The number of hydrogen-bond acceptors (Lipinski definition) is 2. The summed E-state index contributed by atoms with van der Waals surface area (Å²) < 4.78 is 0. The van der Waals surface area contributed by atoms with Gasteiger partial charge in [0.05, 0.1) is 17.1 Å². The highest BCUT2D eigenvalue weighted by Gasteiger charge is 2.18. The molecule has 0 radical (unpaired) electrons. The fraction of sp³-hybridized carbons (Fsp3) is 0.222. The van der Waals surface area contributed by atoms with Crippen molar-refractivity contribution >= 4 is 16.9 Å². The maximum absolute atomic E-state index is 11.8. The van der Waals surface area contributed by atoms with E-state index in [0.717, 1.165) is 16.9 Å². The van der Waals surface area contributed by atoms with Gasteiger partial charge >= 0.3 is 0 Å².